The molecule has 0 aliphatic carbocycles. The lowest BCUT2D eigenvalue weighted by Crippen LogP contribution is -2.46. The SMILES string of the molecule is CC(C)(C)OC(=O)N[C@H](CCc1ccccc1)C(=O)Nc1cnc2ccccc2c1. The number of pyridine rings is 1. The fourth-order valence-electron chi connectivity index (χ4n) is 3.04. The molecule has 0 unspecified atom stereocenters. The van der Waals surface area contributed by atoms with Gasteiger partial charge in [-0.2, -0.15) is 0 Å². The number of nitrogens with zero attached hydrogens (tertiary/aromatic N) is 1. The molecule has 0 aliphatic heterocycles. The average Bonchev–Trinajstić information content (AvgIpc) is 2.70. The van der Waals surface area contributed by atoms with Gasteiger partial charge in [-0.15, -0.1) is 0 Å². The normalized spacial score (nSPS) is 12.2. The first-order valence-electron chi connectivity index (χ1n) is 9.99. The lowest BCUT2D eigenvalue weighted by atomic mass is 10.0. The first kappa shape index (κ1) is 21.3. The number of alkyl carbamates (subject to hydrolysis) is 1. The molecule has 1 heterocycles. The standard InChI is InChI=1S/C24H27N3O3/c1-24(2,3)30-23(29)27-21(14-13-17-9-5-4-6-10-17)22(28)26-19-15-18-11-7-8-12-20(18)25-16-19/h4-12,15-16,21H,13-14H2,1-3H3,(H,26,28)(H,27,29)/t21-/m1/s1. The number of nitrogens with one attached hydrogen (secondary N) is 2. The molecule has 2 amide bonds. The molecule has 2 aromatic carbocycles. The highest BCUT2D eigenvalue weighted by atomic mass is 16.6. The molecule has 0 spiro atoms. The minimum atomic E-state index is -0.744. The van der Waals surface area contributed by atoms with E-state index in [0.29, 0.717) is 18.5 Å². The number of fused-ring (bicyclic) bond motifs is 1. The maximum atomic E-state index is 13.0. The number of amides is 2. The van der Waals surface area contributed by atoms with Crippen molar-refractivity contribution >= 4 is 28.6 Å². The van der Waals surface area contributed by atoms with Crippen LogP contribution in [0.2, 0.25) is 0 Å². The number of benzene rings is 2. The quantitative estimate of drug-likeness (QED) is 0.623. The zero-order valence-electron chi connectivity index (χ0n) is 17.5. The van der Waals surface area contributed by atoms with Gasteiger partial charge < -0.3 is 15.4 Å². The first-order chi connectivity index (χ1) is 14.3. The number of rotatable bonds is 6. The Morgan fingerprint density at radius 2 is 1.73 bits per heavy atom. The van der Waals surface area contributed by atoms with Crippen molar-refractivity contribution in [1.82, 2.24) is 10.3 Å². The van der Waals surface area contributed by atoms with Crippen LogP contribution in [0.3, 0.4) is 0 Å². The Morgan fingerprint density at radius 3 is 2.47 bits per heavy atom. The summed E-state index contributed by atoms with van der Waals surface area (Å²) in [6.07, 6.45) is 2.08. The van der Waals surface area contributed by atoms with Crippen LogP contribution >= 0.6 is 0 Å². The molecule has 0 saturated carbocycles. The molecule has 0 fully saturated rings. The number of aryl methyl sites for hydroxylation is 1. The monoisotopic (exact) mass is 405 g/mol. The van der Waals surface area contributed by atoms with Crippen molar-refractivity contribution in [3.8, 4) is 0 Å². The summed E-state index contributed by atoms with van der Waals surface area (Å²) >= 11 is 0. The molecule has 0 aliphatic rings. The summed E-state index contributed by atoms with van der Waals surface area (Å²) in [4.78, 5) is 29.6. The van der Waals surface area contributed by atoms with Gasteiger partial charge in [0.05, 0.1) is 17.4 Å². The second-order valence-electron chi connectivity index (χ2n) is 8.13. The summed E-state index contributed by atoms with van der Waals surface area (Å²) in [6, 6.07) is 18.6. The molecule has 30 heavy (non-hydrogen) atoms. The molecule has 0 bridgehead atoms. The summed E-state index contributed by atoms with van der Waals surface area (Å²) in [6.45, 7) is 5.35. The number of aromatic nitrogens is 1. The van der Waals surface area contributed by atoms with Crippen molar-refractivity contribution in [3.05, 3.63) is 72.4 Å². The molecule has 2 N–H and O–H groups in total. The fourth-order valence-corrected chi connectivity index (χ4v) is 3.04. The Morgan fingerprint density at radius 1 is 1.03 bits per heavy atom. The second-order valence-corrected chi connectivity index (χ2v) is 8.13. The third-order valence-electron chi connectivity index (χ3n) is 4.43. The smallest absolute Gasteiger partial charge is 0.408 e. The summed E-state index contributed by atoms with van der Waals surface area (Å²) < 4.78 is 5.34. The van der Waals surface area contributed by atoms with E-state index >= 15 is 0 Å². The zero-order chi connectivity index (χ0) is 21.6. The van der Waals surface area contributed by atoms with E-state index in [-0.39, 0.29) is 5.91 Å². The van der Waals surface area contributed by atoms with E-state index in [4.69, 9.17) is 4.74 Å². The van der Waals surface area contributed by atoms with E-state index in [0.717, 1.165) is 16.5 Å². The van der Waals surface area contributed by atoms with E-state index in [1.807, 2.05) is 60.7 Å². The van der Waals surface area contributed by atoms with E-state index in [1.165, 1.54) is 0 Å². The van der Waals surface area contributed by atoms with Crippen LogP contribution in [0.1, 0.15) is 32.8 Å². The Kier molecular flexibility index (Phi) is 6.67. The number of hydrogen-bond acceptors (Lipinski definition) is 4. The van der Waals surface area contributed by atoms with E-state index in [2.05, 4.69) is 15.6 Å². The molecule has 6 heteroatoms. The van der Waals surface area contributed by atoms with Gasteiger partial charge in [-0.3, -0.25) is 9.78 Å². The van der Waals surface area contributed by atoms with Crippen LogP contribution in [0, 0.1) is 0 Å². The third-order valence-corrected chi connectivity index (χ3v) is 4.43. The summed E-state index contributed by atoms with van der Waals surface area (Å²) in [5.41, 5.74) is 1.87. The summed E-state index contributed by atoms with van der Waals surface area (Å²) in [7, 11) is 0. The Labute approximate surface area is 176 Å². The van der Waals surface area contributed by atoms with Crippen molar-refractivity contribution in [2.45, 2.75) is 45.3 Å². The van der Waals surface area contributed by atoms with Crippen LogP contribution < -0.4 is 10.6 Å². The molecule has 0 radical (unpaired) electrons. The summed E-state index contributed by atoms with van der Waals surface area (Å²) in [5.74, 6) is -0.311. The number of para-hydroxylation sites is 1. The number of carbonyl (C=O) groups is 2. The van der Waals surface area contributed by atoms with Crippen molar-refractivity contribution in [3.63, 3.8) is 0 Å². The molecular weight excluding hydrogens is 378 g/mol. The molecule has 3 rings (SSSR count). The highest BCUT2D eigenvalue weighted by Crippen LogP contribution is 2.17. The van der Waals surface area contributed by atoms with Crippen molar-refractivity contribution in [2.24, 2.45) is 0 Å². The van der Waals surface area contributed by atoms with Crippen molar-refractivity contribution in [2.75, 3.05) is 5.32 Å². The molecule has 0 saturated heterocycles. The van der Waals surface area contributed by atoms with Gasteiger partial charge in [-0.1, -0.05) is 48.5 Å². The second kappa shape index (κ2) is 9.39. The molecule has 156 valence electrons. The van der Waals surface area contributed by atoms with Crippen LogP contribution in [0.15, 0.2) is 66.9 Å². The molecular formula is C24H27N3O3. The lowest BCUT2D eigenvalue weighted by Gasteiger charge is -2.23. The zero-order valence-corrected chi connectivity index (χ0v) is 17.5. The van der Waals surface area contributed by atoms with Crippen LogP contribution in [-0.4, -0.2) is 28.6 Å². The van der Waals surface area contributed by atoms with Gasteiger partial charge in [-0.05, 0) is 51.3 Å². The average molecular weight is 405 g/mol. The van der Waals surface area contributed by atoms with Crippen molar-refractivity contribution in [1.29, 1.82) is 0 Å². The van der Waals surface area contributed by atoms with Gasteiger partial charge in [0.25, 0.3) is 0 Å². The van der Waals surface area contributed by atoms with Gasteiger partial charge in [0.2, 0.25) is 5.91 Å². The van der Waals surface area contributed by atoms with E-state index in [9.17, 15) is 9.59 Å². The Balaban J connectivity index is 1.72. The number of ether oxygens (including phenoxy) is 1. The lowest BCUT2D eigenvalue weighted by molar-refractivity contribution is -0.118. The van der Waals surface area contributed by atoms with Gasteiger partial charge in [0.1, 0.15) is 11.6 Å². The van der Waals surface area contributed by atoms with Crippen LogP contribution in [-0.2, 0) is 16.0 Å². The number of carbonyl (C=O) groups excluding carboxylic acids is 2. The largest absolute Gasteiger partial charge is 0.444 e. The van der Waals surface area contributed by atoms with Crippen LogP contribution in [0.4, 0.5) is 10.5 Å². The minimum Gasteiger partial charge on any atom is -0.444 e. The minimum absolute atomic E-state index is 0.311. The molecule has 1 atom stereocenters. The predicted molar refractivity (Wildman–Crippen MR) is 118 cm³/mol. The van der Waals surface area contributed by atoms with Gasteiger partial charge >= 0.3 is 6.09 Å². The maximum Gasteiger partial charge on any atom is 0.408 e. The first-order valence-corrected chi connectivity index (χ1v) is 9.99. The molecule has 6 nitrogen and oxygen atoms in total. The van der Waals surface area contributed by atoms with Gasteiger partial charge in [-0.25, -0.2) is 4.79 Å². The van der Waals surface area contributed by atoms with Crippen LogP contribution in [0.25, 0.3) is 10.9 Å². The highest BCUT2D eigenvalue weighted by Gasteiger charge is 2.24. The fraction of sp³-hybridized carbons (Fsp3) is 0.292. The summed E-state index contributed by atoms with van der Waals surface area (Å²) in [5, 5.41) is 6.50. The molecule has 1 aromatic heterocycles. The topological polar surface area (TPSA) is 80.3 Å². The maximum absolute atomic E-state index is 13.0. The van der Waals surface area contributed by atoms with Gasteiger partial charge in [0.15, 0.2) is 0 Å². The van der Waals surface area contributed by atoms with E-state index < -0.39 is 17.7 Å². The Bertz CT molecular complexity index is 1010. The van der Waals surface area contributed by atoms with E-state index in [1.54, 1.807) is 27.0 Å². The predicted octanol–water partition coefficient (Wildman–Crippen LogP) is 4.70. The van der Waals surface area contributed by atoms with Crippen molar-refractivity contribution < 1.29 is 14.3 Å². The highest BCUT2D eigenvalue weighted by molar-refractivity contribution is 5.97. The third kappa shape index (κ3) is 6.30. The Hall–Kier alpha value is -3.41. The van der Waals surface area contributed by atoms with Crippen LogP contribution in [0.5, 0.6) is 0 Å². The number of hydrogen-bond donors (Lipinski definition) is 2. The van der Waals surface area contributed by atoms with Gasteiger partial charge in [0, 0.05) is 5.39 Å². The number of anilines is 1. The molecule has 3 aromatic rings.